The summed E-state index contributed by atoms with van der Waals surface area (Å²) in [4.78, 5) is 3.87. The fraction of sp³-hybridized carbons (Fsp3) is 0.714. The minimum atomic E-state index is -1.42. The zero-order valence-corrected chi connectivity index (χ0v) is 6.80. The highest BCUT2D eigenvalue weighted by Crippen LogP contribution is 2.29. The van der Waals surface area contributed by atoms with E-state index in [1.54, 1.807) is 6.92 Å². The molecule has 66 valence electrons. The van der Waals surface area contributed by atoms with Crippen LogP contribution >= 0.6 is 0 Å². The molecule has 1 aliphatic rings. The molecule has 0 bridgehead atoms. The maximum absolute atomic E-state index is 13.8. The SMILES string of the molecule is Cc1nc(C2(F)CCNC2)no1. The van der Waals surface area contributed by atoms with E-state index in [1.807, 2.05) is 0 Å². The molecule has 4 nitrogen and oxygen atoms in total. The fourth-order valence-electron chi connectivity index (χ4n) is 1.33. The molecule has 1 aromatic rings. The zero-order chi connectivity index (χ0) is 8.60. The van der Waals surface area contributed by atoms with Gasteiger partial charge in [0.2, 0.25) is 11.7 Å². The van der Waals surface area contributed by atoms with Crippen molar-refractivity contribution < 1.29 is 8.91 Å². The second-order valence-electron chi connectivity index (χ2n) is 3.03. The minimum absolute atomic E-state index is 0.171. The van der Waals surface area contributed by atoms with E-state index < -0.39 is 5.67 Å². The van der Waals surface area contributed by atoms with E-state index in [-0.39, 0.29) is 12.4 Å². The molecule has 0 aliphatic carbocycles. The third-order valence-electron chi connectivity index (χ3n) is 2.03. The van der Waals surface area contributed by atoms with Gasteiger partial charge in [-0.1, -0.05) is 5.16 Å². The summed E-state index contributed by atoms with van der Waals surface area (Å²) in [7, 11) is 0. The molecule has 1 aromatic heterocycles. The lowest BCUT2D eigenvalue weighted by atomic mass is 10.1. The number of alkyl halides is 1. The molecule has 2 rings (SSSR count). The standard InChI is InChI=1S/C7H10FN3O/c1-5-10-6(11-12-5)7(8)2-3-9-4-7/h9H,2-4H2,1H3. The first-order valence-corrected chi connectivity index (χ1v) is 3.91. The number of aromatic nitrogens is 2. The molecule has 0 radical (unpaired) electrons. The highest BCUT2D eigenvalue weighted by Gasteiger charge is 2.39. The summed E-state index contributed by atoms with van der Waals surface area (Å²) in [6, 6.07) is 0. The van der Waals surface area contributed by atoms with E-state index >= 15 is 0 Å². The van der Waals surface area contributed by atoms with Crippen LogP contribution in [0.5, 0.6) is 0 Å². The molecule has 2 heterocycles. The molecule has 0 amide bonds. The normalized spacial score (nSPS) is 29.5. The van der Waals surface area contributed by atoms with Crippen LogP contribution in [0.15, 0.2) is 4.52 Å². The molecule has 0 saturated carbocycles. The van der Waals surface area contributed by atoms with Gasteiger partial charge in [0.25, 0.3) is 0 Å². The van der Waals surface area contributed by atoms with Crippen LogP contribution in [0.4, 0.5) is 4.39 Å². The van der Waals surface area contributed by atoms with Crippen molar-refractivity contribution in [2.24, 2.45) is 0 Å². The Bertz CT molecular complexity index is 280. The van der Waals surface area contributed by atoms with Gasteiger partial charge >= 0.3 is 0 Å². The Balaban J connectivity index is 2.28. The predicted molar refractivity (Wildman–Crippen MR) is 39.3 cm³/mol. The Morgan fingerprint density at radius 2 is 2.50 bits per heavy atom. The van der Waals surface area contributed by atoms with Crippen LogP contribution in [-0.4, -0.2) is 23.2 Å². The van der Waals surface area contributed by atoms with Gasteiger partial charge in [-0.05, 0) is 6.54 Å². The second kappa shape index (κ2) is 2.52. The van der Waals surface area contributed by atoms with Crippen molar-refractivity contribution in [2.45, 2.75) is 19.0 Å². The van der Waals surface area contributed by atoms with Crippen LogP contribution in [0.2, 0.25) is 0 Å². The maximum Gasteiger partial charge on any atom is 0.223 e. The minimum Gasteiger partial charge on any atom is -0.340 e. The van der Waals surface area contributed by atoms with E-state index in [0.717, 1.165) is 0 Å². The van der Waals surface area contributed by atoms with Crippen LogP contribution in [0.25, 0.3) is 0 Å². The van der Waals surface area contributed by atoms with Crippen LogP contribution in [0, 0.1) is 6.92 Å². The van der Waals surface area contributed by atoms with Gasteiger partial charge in [0.15, 0.2) is 5.67 Å². The Kier molecular flexibility index (Phi) is 1.61. The van der Waals surface area contributed by atoms with Gasteiger partial charge in [-0.3, -0.25) is 0 Å². The Morgan fingerprint density at radius 3 is 3.00 bits per heavy atom. The average Bonchev–Trinajstić information content (AvgIpc) is 2.59. The second-order valence-corrected chi connectivity index (χ2v) is 3.03. The van der Waals surface area contributed by atoms with Crippen molar-refractivity contribution in [2.75, 3.05) is 13.1 Å². The van der Waals surface area contributed by atoms with Gasteiger partial charge in [0.05, 0.1) is 0 Å². The number of hydrogen-bond donors (Lipinski definition) is 1. The van der Waals surface area contributed by atoms with Crippen molar-refractivity contribution in [3.05, 3.63) is 11.7 Å². The highest BCUT2D eigenvalue weighted by molar-refractivity contribution is 5.04. The summed E-state index contributed by atoms with van der Waals surface area (Å²) in [5, 5.41) is 6.49. The van der Waals surface area contributed by atoms with Gasteiger partial charge in [-0.25, -0.2) is 4.39 Å². The smallest absolute Gasteiger partial charge is 0.223 e. The lowest BCUT2D eigenvalue weighted by molar-refractivity contribution is 0.173. The number of halogens is 1. The third kappa shape index (κ3) is 1.10. The summed E-state index contributed by atoms with van der Waals surface area (Å²) in [5.41, 5.74) is -1.42. The number of hydrogen-bond acceptors (Lipinski definition) is 4. The van der Waals surface area contributed by atoms with Crippen LogP contribution < -0.4 is 5.32 Å². The summed E-state index contributed by atoms with van der Waals surface area (Å²) in [6.07, 6.45) is 0.423. The molecule has 1 saturated heterocycles. The summed E-state index contributed by atoms with van der Waals surface area (Å²) in [6.45, 7) is 2.61. The lowest BCUT2D eigenvalue weighted by Gasteiger charge is -2.11. The number of nitrogens with zero attached hydrogens (tertiary/aromatic N) is 2. The van der Waals surface area contributed by atoms with Gasteiger partial charge in [0.1, 0.15) is 0 Å². The molecule has 12 heavy (non-hydrogen) atoms. The molecule has 1 fully saturated rings. The molecule has 1 aliphatic heterocycles. The lowest BCUT2D eigenvalue weighted by Crippen LogP contribution is -2.24. The monoisotopic (exact) mass is 171 g/mol. The molecule has 5 heteroatoms. The van der Waals surface area contributed by atoms with Crippen LogP contribution in [0.1, 0.15) is 18.1 Å². The molecular weight excluding hydrogens is 161 g/mol. The predicted octanol–water partition coefficient (Wildman–Crippen LogP) is 0.536. The summed E-state index contributed by atoms with van der Waals surface area (Å²) in [5.74, 6) is 0.582. The largest absolute Gasteiger partial charge is 0.340 e. The molecule has 0 aromatic carbocycles. The van der Waals surface area contributed by atoms with Gasteiger partial charge in [-0.15, -0.1) is 0 Å². The molecule has 0 spiro atoms. The average molecular weight is 171 g/mol. The molecule has 1 atom stereocenters. The summed E-state index contributed by atoms with van der Waals surface area (Å²) >= 11 is 0. The first-order chi connectivity index (χ1) is 5.71. The Hall–Kier alpha value is -0.970. The van der Waals surface area contributed by atoms with Crippen molar-refractivity contribution >= 4 is 0 Å². The van der Waals surface area contributed by atoms with Crippen molar-refractivity contribution in [3.63, 3.8) is 0 Å². The molecule has 1 unspecified atom stereocenters. The van der Waals surface area contributed by atoms with E-state index in [0.29, 0.717) is 18.9 Å². The first kappa shape index (κ1) is 7.67. The Labute approximate surface area is 69.2 Å². The first-order valence-electron chi connectivity index (χ1n) is 3.91. The highest BCUT2D eigenvalue weighted by atomic mass is 19.1. The van der Waals surface area contributed by atoms with Gasteiger partial charge in [-0.2, -0.15) is 4.98 Å². The van der Waals surface area contributed by atoms with E-state index in [1.165, 1.54) is 0 Å². The fourth-order valence-corrected chi connectivity index (χ4v) is 1.33. The van der Waals surface area contributed by atoms with E-state index in [2.05, 4.69) is 15.5 Å². The number of aryl methyl sites for hydroxylation is 1. The maximum atomic E-state index is 13.8. The van der Waals surface area contributed by atoms with E-state index in [4.69, 9.17) is 4.52 Å². The third-order valence-corrected chi connectivity index (χ3v) is 2.03. The van der Waals surface area contributed by atoms with Crippen molar-refractivity contribution in [1.82, 2.24) is 15.5 Å². The van der Waals surface area contributed by atoms with Gasteiger partial charge < -0.3 is 9.84 Å². The zero-order valence-electron chi connectivity index (χ0n) is 6.80. The van der Waals surface area contributed by atoms with E-state index in [9.17, 15) is 4.39 Å². The molecule has 1 N–H and O–H groups in total. The Morgan fingerprint density at radius 1 is 1.67 bits per heavy atom. The topological polar surface area (TPSA) is 51.0 Å². The number of nitrogens with one attached hydrogen (secondary N) is 1. The quantitative estimate of drug-likeness (QED) is 0.669. The van der Waals surface area contributed by atoms with Gasteiger partial charge in [0, 0.05) is 19.9 Å². The molecular formula is C7H10FN3O. The summed E-state index contributed by atoms with van der Waals surface area (Å²) < 4.78 is 18.5. The van der Waals surface area contributed by atoms with Crippen LogP contribution in [0.3, 0.4) is 0 Å². The van der Waals surface area contributed by atoms with Crippen molar-refractivity contribution in [3.8, 4) is 0 Å². The van der Waals surface area contributed by atoms with Crippen LogP contribution in [-0.2, 0) is 5.67 Å². The number of rotatable bonds is 1. The van der Waals surface area contributed by atoms with Crippen molar-refractivity contribution in [1.29, 1.82) is 0 Å².